The summed E-state index contributed by atoms with van der Waals surface area (Å²) >= 11 is 0. The first-order valence-electron chi connectivity index (χ1n) is 13.8. The second kappa shape index (κ2) is 11.2. The molecule has 39 heavy (non-hydrogen) atoms. The lowest BCUT2D eigenvalue weighted by Gasteiger charge is -2.27. The Kier molecular flexibility index (Phi) is 7.13. The van der Waals surface area contributed by atoms with Gasteiger partial charge >= 0.3 is 5.97 Å². The molecular formula is C34H33N3O2. The molecule has 5 heteroatoms. The van der Waals surface area contributed by atoms with Crippen LogP contribution in [0.3, 0.4) is 0 Å². The molecule has 1 heterocycles. The van der Waals surface area contributed by atoms with Crippen LogP contribution in [0.2, 0.25) is 0 Å². The largest absolute Gasteiger partial charge is 0.478 e. The van der Waals surface area contributed by atoms with Crippen molar-refractivity contribution in [3.05, 3.63) is 120 Å². The van der Waals surface area contributed by atoms with E-state index in [1.165, 1.54) is 36.1 Å². The molecule has 0 aliphatic heterocycles. The average molecular weight is 516 g/mol. The highest BCUT2D eigenvalue weighted by molar-refractivity contribution is 5.93. The first-order valence-corrected chi connectivity index (χ1v) is 13.8. The minimum atomic E-state index is -0.924. The number of para-hydroxylation sites is 1. The number of hydrogen-bond acceptors (Lipinski definition) is 3. The molecule has 0 amide bonds. The van der Waals surface area contributed by atoms with Crippen LogP contribution >= 0.6 is 0 Å². The van der Waals surface area contributed by atoms with Crippen LogP contribution in [0, 0.1) is 0 Å². The fraction of sp³-hybridized carbons (Fsp3) is 0.235. The van der Waals surface area contributed by atoms with Gasteiger partial charge in [-0.3, -0.25) is 0 Å². The molecule has 0 atom stereocenters. The monoisotopic (exact) mass is 515 g/mol. The zero-order valence-corrected chi connectivity index (χ0v) is 22.0. The molecule has 1 aliphatic carbocycles. The Morgan fingerprint density at radius 2 is 1.49 bits per heavy atom. The predicted molar refractivity (Wildman–Crippen MR) is 157 cm³/mol. The minimum Gasteiger partial charge on any atom is -0.478 e. The Labute approximate surface area is 229 Å². The van der Waals surface area contributed by atoms with Crippen molar-refractivity contribution >= 4 is 22.7 Å². The molecule has 5 nitrogen and oxygen atoms in total. The van der Waals surface area contributed by atoms with E-state index in [2.05, 4.69) is 94.4 Å². The van der Waals surface area contributed by atoms with Gasteiger partial charge in [-0.15, -0.1) is 0 Å². The molecule has 1 N–H and O–H groups in total. The van der Waals surface area contributed by atoms with Crippen LogP contribution in [0.15, 0.2) is 103 Å². The van der Waals surface area contributed by atoms with Gasteiger partial charge in [-0.05, 0) is 60.4 Å². The van der Waals surface area contributed by atoms with Gasteiger partial charge in [0.05, 0.1) is 16.6 Å². The number of anilines is 1. The highest BCUT2D eigenvalue weighted by Crippen LogP contribution is 2.36. The molecule has 0 radical (unpaired) electrons. The van der Waals surface area contributed by atoms with Gasteiger partial charge in [0.2, 0.25) is 0 Å². The summed E-state index contributed by atoms with van der Waals surface area (Å²) in [4.78, 5) is 19.1. The van der Waals surface area contributed by atoms with Crippen molar-refractivity contribution < 1.29 is 9.90 Å². The SMILES string of the molecule is O=C(O)c1ccc2c(c1)nc(-c1cccc(CN(Cc3ccccc3)c3ccccc3)c1)n2C1CCCCC1. The number of carbonyl (C=O) groups is 1. The normalized spacial score (nSPS) is 13.9. The molecule has 5 aromatic rings. The number of nitrogens with zero attached hydrogens (tertiary/aromatic N) is 3. The number of carboxylic acid groups (broad SMARTS) is 1. The predicted octanol–water partition coefficient (Wildman–Crippen LogP) is 8.11. The van der Waals surface area contributed by atoms with E-state index >= 15 is 0 Å². The lowest BCUT2D eigenvalue weighted by molar-refractivity contribution is 0.0697. The van der Waals surface area contributed by atoms with Crippen LogP contribution in [-0.4, -0.2) is 20.6 Å². The van der Waals surface area contributed by atoms with Gasteiger partial charge in [-0.1, -0.05) is 86.0 Å². The Morgan fingerprint density at radius 1 is 0.795 bits per heavy atom. The molecule has 0 spiro atoms. The highest BCUT2D eigenvalue weighted by Gasteiger charge is 2.23. The molecule has 4 aromatic carbocycles. The molecule has 1 aliphatic rings. The Hall–Kier alpha value is -4.38. The van der Waals surface area contributed by atoms with E-state index in [4.69, 9.17) is 4.98 Å². The van der Waals surface area contributed by atoms with Crippen LogP contribution in [0.1, 0.15) is 59.6 Å². The third-order valence-corrected chi connectivity index (χ3v) is 7.77. The van der Waals surface area contributed by atoms with Crippen molar-refractivity contribution in [2.24, 2.45) is 0 Å². The highest BCUT2D eigenvalue weighted by atomic mass is 16.4. The summed E-state index contributed by atoms with van der Waals surface area (Å²) < 4.78 is 2.37. The number of rotatable bonds is 8. The number of carboxylic acids is 1. The van der Waals surface area contributed by atoms with Gasteiger partial charge < -0.3 is 14.6 Å². The van der Waals surface area contributed by atoms with E-state index in [1.54, 1.807) is 12.1 Å². The molecule has 1 aromatic heterocycles. The van der Waals surface area contributed by atoms with Crippen LogP contribution in [0.5, 0.6) is 0 Å². The maximum absolute atomic E-state index is 11.7. The zero-order chi connectivity index (χ0) is 26.6. The van der Waals surface area contributed by atoms with Gasteiger partial charge in [0.1, 0.15) is 5.82 Å². The molecule has 1 fully saturated rings. The van der Waals surface area contributed by atoms with E-state index in [0.717, 1.165) is 48.4 Å². The quantitative estimate of drug-likeness (QED) is 0.227. The summed E-state index contributed by atoms with van der Waals surface area (Å²) in [6, 6.07) is 35.5. The first-order chi connectivity index (χ1) is 19.2. The van der Waals surface area contributed by atoms with Gasteiger partial charge in [-0.2, -0.15) is 0 Å². The number of benzene rings is 4. The van der Waals surface area contributed by atoms with Crippen LogP contribution in [0.4, 0.5) is 5.69 Å². The van der Waals surface area contributed by atoms with E-state index < -0.39 is 5.97 Å². The molecule has 0 unspecified atom stereocenters. The Morgan fingerprint density at radius 3 is 2.23 bits per heavy atom. The van der Waals surface area contributed by atoms with Crippen molar-refractivity contribution in [2.75, 3.05) is 4.90 Å². The second-order valence-electron chi connectivity index (χ2n) is 10.5. The number of aromatic carboxylic acids is 1. The van der Waals surface area contributed by atoms with Crippen molar-refractivity contribution in [1.82, 2.24) is 9.55 Å². The average Bonchev–Trinajstić information content (AvgIpc) is 3.37. The molecule has 1 saturated carbocycles. The van der Waals surface area contributed by atoms with E-state index in [-0.39, 0.29) is 5.56 Å². The molecule has 196 valence electrons. The van der Waals surface area contributed by atoms with Crippen molar-refractivity contribution in [2.45, 2.75) is 51.2 Å². The molecule has 0 saturated heterocycles. The molecular weight excluding hydrogens is 482 g/mol. The third-order valence-electron chi connectivity index (χ3n) is 7.77. The van der Waals surface area contributed by atoms with Gasteiger partial charge in [0, 0.05) is 30.4 Å². The van der Waals surface area contributed by atoms with Gasteiger partial charge in [0.25, 0.3) is 0 Å². The van der Waals surface area contributed by atoms with E-state index in [9.17, 15) is 9.90 Å². The topological polar surface area (TPSA) is 58.4 Å². The van der Waals surface area contributed by atoms with Crippen molar-refractivity contribution in [1.29, 1.82) is 0 Å². The second-order valence-corrected chi connectivity index (χ2v) is 10.5. The standard InChI is InChI=1S/C34H33N3O2/c38-34(39)28-19-20-32-31(22-28)35-33(37(32)30-17-8-3-9-18-30)27-14-10-13-26(21-27)24-36(29-15-6-2-7-16-29)23-25-11-4-1-5-12-25/h1-2,4-7,10-16,19-22,30H,3,8-9,17-18,23-24H2,(H,38,39). The van der Waals surface area contributed by atoms with Gasteiger partial charge in [0.15, 0.2) is 0 Å². The zero-order valence-electron chi connectivity index (χ0n) is 22.0. The lowest BCUT2D eigenvalue weighted by Crippen LogP contribution is -2.22. The fourth-order valence-electron chi connectivity index (χ4n) is 5.85. The summed E-state index contributed by atoms with van der Waals surface area (Å²) in [5, 5.41) is 9.57. The number of hydrogen-bond donors (Lipinski definition) is 1. The smallest absolute Gasteiger partial charge is 0.335 e. The van der Waals surface area contributed by atoms with E-state index in [0.29, 0.717) is 6.04 Å². The van der Waals surface area contributed by atoms with Crippen molar-refractivity contribution in [3.8, 4) is 11.4 Å². The lowest BCUT2D eigenvalue weighted by atomic mass is 9.94. The number of fused-ring (bicyclic) bond motifs is 1. The Bertz CT molecular complexity index is 1570. The maximum atomic E-state index is 11.7. The Balaban J connectivity index is 1.39. The molecule has 0 bridgehead atoms. The van der Waals surface area contributed by atoms with Crippen LogP contribution in [0.25, 0.3) is 22.4 Å². The van der Waals surface area contributed by atoms with Gasteiger partial charge in [-0.25, -0.2) is 9.78 Å². The summed E-state index contributed by atoms with van der Waals surface area (Å²) in [7, 11) is 0. The van der Waals surface area contributed by atoms with Crippen LogP contribution < -0.4 is 4.90 Å². The van der Waals surface area contributed by atoms with Crippen molar-refractivity contribution in [3.63, 3.8) is 0 Å². The summed E-state index contributed by atoms with van der Waals surface area (Å²) in [6.45, 7) is 1.58. The maximum Gasteiger partial charge on any atom is 0.335 e. The summed E-state index contributed by atoms with van der Waals surface area (Å²) in [6.07, 6.45) is 5.94. The van der Waals surface area contributed by atoms with E-state index in [1.807, 2.05) is 6.07 Å². The van der Waals surface area contributed by atoms with Crippen LogP contribution in [-0.2, 0) is 13.1 Å². The third kappa shape index (κ3) is 5.44. The number of imidazole rings is 1. The fourth-order valence-corrected chi connectivity index (χ4v) is 5.85. The minimum absolute atomic E-state index is 0.274. The number of aromatic nitrogens is 2. The first kappa shape index (κ1) is 24.9. The molecule has 6 rings (SSSR count). The summed E-state index contributed by atoms with van der Waals surface area (Å²) in [5.41, 5.74) is 6.77. The summed E-state index contributed by atoms with van der Waals surface area (Å²) in [5.74, 6) is 0.00249.